The van der Waals surface area contributed by atoms with Crippen LogP contribution < -0.4 is 5.32 Å². The van der Waals surface area contributed by atoms with E-state index >= 15 is 0 Å². The SMILES string of the molecule is Cl.O=C(c1cn(C2CCNCC2)nn1)N1CCCC2CCCCC21. The minimum Gasteiger partial charge on any atom is -0.334 e. The molecule has 0 spiro atoms. The Bertz CT molecular complexity index is 555. The highest BCUT2D eigenvalue weighted by molar-refractivity contribution is 5.92. The summed E-state index contributed by atoms with van der Waals surface area (Å²) in [5.74, 6) is 0.808. The van der Waals surface area contributed by atoms with E-state index in [2.05, 4.69) is 20.5 Å². The van der Waals surface area contributed by atoms with Crippen molar-refractivity contribution >= 4 is 18.3 Å². The molecule has 1 aromatic rings. The van der Waals surface area contributed by atoms with Crippen LogP contribution in [-0.2, 0) is 0 Å². The van der Waals surface area contributed by atoms with Gasteiger partial charge < -0.3 is 10.2 Å². The van der Waals surface area contributed by atoms with Crippen LogP contribution in [0.5, 0.6) is 0 Å². The molecule has 1 aromatic heterocycles. The van der Waals surface area contributed by atoms with Crippen molar-refractivity contribution < 1.29 is 4.79 Å². The highest BCUT2D eigenvalue weighted by Crippen LogP contribution is 2.35. The number of likely N-dealkylation sites (tertiary alicyclic amines) is 1. The summed E-state index contributed by atoms with van der Waals surface area (Å²) in [5.41, 5.74) is 0.537. The molecular weight excluding hydrogens is 326 g/mol. The number of halogens is 1. The maximum atomic E-state index is 12.9. The van der Waals surface area contributed by atoms with E-state index in [4.69, 9.17) is 0 Å². The van der Waals surface area contributed by atoms with E-state index in [-0.39, 0.29) is 18.3 Å². The number of rotatable bonds is 2. The summed E-state index contributed by atoms with van der Waals surface area (Å²) in [5, 5.41) is 11.8. The van der Waals surface area contributed by atoms with Crippen LogP contribution in [-0.4, -0.2) is 51.5 Å². The second kappa shape index (κ2) is 7.83. The van der Waals surface area contributed by atoms with Crippen LogP contribution in [0.2, 0.25) is 0 Å². The molecule has 1 N–H and O–H groups in total. The third kappa shape index (κ3) is 3.45. The summed E-state index contributed by atoms with van der Waals surface area (Å²) < 4.78 is 1.91. The maximum Gasteiger partial charge on any atom is 0.276 e. The number of amides is 1. The maximum absolute atomic E-state index is 12.9. The second-order valence-electron chi connectivity index (χ2n) is 7.32. The number of aromatic nitrogens is 3. The summed E-state index contributed by atoms with van der Waals surface area (Å²) in [6.45, 7) is 2.92. The predicted octanol–water partition coefficient (Wildman–Crippen LogP) is 2.42. The average Bonchev–Trinajstić information content (AvgIpc) is 3.11. The number of fused-ring (bicyclic) bond motifs is 1. The molecule has 0 radical (unpaired) electrons. The van der Waals surface area contributed by atoms with Gasteiger partial charge >= 0.3 is 0 Å². The zero-order valence-electron chi connectivity index (χ0n) is 14.2. The Morgan fingerprint density at radius 2 is 1.83 bits per heavy atom. The van der Waals surface area contributed by atoms with E-state index in [9.17, 15) is 4.79 Å². The highest BCUT2D eigenvalue weighted by Gasteiger charge is 2.36. The third-order valence-electron chi connectivity index (χ3n) is 5.92. The number of hydrogen-bond donors (Lipinski definition) is 1. The number of carbonyl (C=O) groups excluding carboxylic acids is 1. The molecule has 1 aliphatic carbocycles. The fourth-order valence-corrected chi connectivity index (χ4v) is 4.65. The molecule has 4 rings (SSSR count). The van der Waals surface area contributed by atoms with Gasteiger partial charge in [-0.25, -0.2) is 4.68 Å². The molecule has 24 heavy (non-hydrogen) atoms. The number of piperidine rings is 2. The first-order chi connectivity index (χ1) is 11.3. The lowest BCUT2D eigenvalue weighted by Crippen LogP contribution is -2.49. The van der Waals surface area contributed by atoms with Gasteiger partial charge in [-0.2, -0.15) is 0 Å². The predicted molar refractivity (Wildman–Crippen MR) is 94.4 cm³/mol. The highest BCUT2D eigenvalue weighted by atomic mass is 35.5. The first-order valence-electron chi connectivity index (χ1n) is 9.26. The quantitative estimate of drug-likeness (QED) is 0.886. The smallest absolute Gasteiger partial charge is 0.276 e. The standard InChI is InChI=1S/C17H27N5O.ClH/c23-17(21-11-3-5-13-4-1-2-6-16(13)21)15-12-22(20-19-15)14-7-9-18-10-8-14;/h12-14,16,18H,1-11H2;1H. The van der Waals surface area contributed by atoms with Crippen LogP contribution in [0, 0.1) is 5.92 Å². The van der Waals surface area contributed by atoms with Crippen molar-refractivity contribution in [3.63, 3.8) is 0 Å². The van der Waals surface area contributed by atoms with Gasteiger partial charge in [-0.3, -0.25) is 4.79 Å². The van der Waals surface area contributed by atoms with E-state index in [0.29, 0.717) is 23.7 Å². The fraction of sp³-hybridized carbons (Fsp3) is 0.824. The Kier molecular flexibility index (Phi) is 5.76. The summed E-state index contributed by atoms with van der Waals surface area (Å²) in [7, 11) is 0. The molecule has 0 aromatic carbocycles. The lowest BCUT2D eigenvalue weighted by Gasteiger charge is -2.43. The van der Waals surface area contributed by atoms with Crippen molar-refractivity contribution in [2.75, 3.05) is 19.6 Å². The van der Waals surface area contributed by atoms with Gasteiger partial charge in [0.2, 0.25) is 0 Å². The van der Waals surface area contributed by atoms with Gasteiger partial charge in [0.05, 0.1) is 12.2 Å². The molecule has 1 saturated carbocycles. The van der Waals surface area contributed by atoms with Gasteiger partial charge in [0, 0.05) is 12.6 Å². The summed E-state index contributed by atoms with van der Waals surface area (Å²) >= 11 is 0. The molecule has 0 bridgehead atoms. The summed E-state index contributed by atoms with van der Waals surface area (Å²) in [4.78, 5) is 15.0. The lowest BCUT2D eigenvalue weighted by molar-refractivity contribution is 0.0385. The second-order valence-corrected chi connectivity index (χ2v) is 7.32. The summed E-state index contributed by atoms with van der Waals surface area (Å²) in [6.07, 6.45) is 11.5. The van der Waals surface area contributed by atoms with Crippen molar-refractivity contribution in [3.05, 3.63) is 11.9 Å². The first kappa shape index (κ1) is 17.7. The normalized spacial score (nSPS) is 28.1. The molecule has 2 unspecified atom stereocenters. The molecule has 3 fully saturated rings. The molecule has 3 aliphatic rings. The van der Waals surface area contributed by atoms with Crippen molar-refractivity contribution in [2.24, 2.45) is 5.92 Å². The molecule has 3 heterocycles. The van der Waals surface area contributed by atoms with Gasteiger partial charge in [0.15, 0.2) is 5.69 Å². The van der Waals surface area contributed by atoms with Crippen molar-refractivity contribution in [2.45, 2.75) is 63.5 Å². The van der Waals surface area contributed by atoms with E-state index in [1.54, 1.807) is 0 Å². The van der Waals surface area contributed by atoms with E-state index in [0.717, 1.165) is 38.9 Å². The topological polar surface area (TPSA) is 63.1 Å². The van der Waals surface area contributed by atoms with Gasteiger partial charge in [0.25, 0.3) is 5.91 Å². The van der Waals surface area contributed by atoms with Crippen LogP contribution >= 0.6 is 12.4 Å². The van der Waals surface area contributed by atoms with Crippen molar-refractivity contribution in [3.8, 4) is 0 Å². The zero-order chi connectivity index (χ0) is 15.6. The monoisotopic (exact) mass is 353 g/mol. The van der Waals surface area contributed by atoms with Gasteiger partial charge in [-0.1, -0.05) is 18.1 Å². The van der Waals surface area contributed by atoms with Crippen LogP contribution in [0.1, 0.15) is 67.9 Å². The molecule has 2 atom stereocenters. The Labute approximate surface area is 149 Å². The Morgan fingerprint density at radius 3 is 2.67 bits per heavy atom. The Hall–Kier alpha value is -1.14. The van der Waals surface area contributed by atoms with Gasteiger partial charge in [-0.15, -0.1) is 17.5 Å². The minimum absolute atomic E-state index is 0. The van der Waals surface area contributed by atoms with Crippen LogP contribution in [0.3, 0.4) is 0 Å². The van der Waals surface area contributed by atoms with Crippen LogP contribution in [0.15, 0.2) is 6.20 Å². The zero-order valence-corrected chi connectivity index (χ0v) is 15.0. The number of hydrogen-bond acceptors (Lipinski definition) is 4. The summed E-state index contributed by atoms with van der Waals surface area (Å²) in [6, 6.07) is 0.822. The van der Waals surface area contributed by atoms with Crippen LogP contribution in [0.25, 0.3) is 0 Å². The Morgan fingerprint density at radius 1 is 1.08 bits per heavy atom. The molecular formula is C17H28ClN5O. The lowest BCUT2D eigenvalue weighted by atomic mass is 9.78. The third-order valence-corrected chi connectivity index (χ3v) is 5.92. The number of carbonyl (C=O) groups is 1. The van der Waals surface area contributed by atoms with Gasteiger partial charge in [0.1, 0.15) is 0 Å². The van der Waals surface area contributed by atoms with E-state index in [1.807, 2.05) is 10.9 Å². The van der Waals surface area contributed by atoms with E-state index in [1.165, 1.54) is 32.1 Å². The van der Waals surface area contributed by atoms with Gasteiger partial charge in [-0.05, 0) is 57.5 Å². The van der Waals surface area contributed by atoms with Crippen molar-refractivity contribution in [1.82, 2.24) is 25.2 Å². The van der Waals surface area contributed by atoms with E-state index < -0.39 is 0 Å². The first-order valence-corrected chi connectivity index (χ1v) is 9.26. The molecule has 1 amide bonds. The average molecular weight is 354 g/mol. The molecule has 2 saturated heterocycles. The molecule has 7 heteroatoms. The minimum atomic E-state index is 0. The molecule has 6 nitrogen and oxygen atoms in total. The Balaban J connectivity index is 0.00000169. The number of nitrogens with one attached hydrogen (secondary N) is 1. The molecule has 2 aliphatic heterocycles. The van der Waals surface area contributed by atoms with Crippen molar-refractivity contribution in [1.29, 1.82) is 0 Å². The number of nitrogens with zero attached hydrogens (tertiary/aromatic N) is 4. The fourth-order valence-electron chi connectivity index (χ4n) is 4.65. The molecule has 134 valence electrons. The van der Waals surface area contributed by atoms with Crippen LogP contribution in [0.4, 0.5) is 0 Å². The largest absolute Gasteiger partial charge is 0.334 e.